The van der Waals surface area contributed by atoms with Crippen molar-refractivity contribution < 1.29 is 0 Å². The first-order chi connectivity index (χ1) is 7.69. The molecule has 0 aromatic heterocycles. The first kappa shape index (κ1) is 12.9. The highest BCUT2D eigenvalue weighted by Crippen LogP contribution is 2.58. The fourth-order valence-electron chi connectivity index (χ4n) is 3.93. The average molecular weight is 232 g/mol. The highest BCUT2D eigenvalue weighted by atomic mass is 14.5. The van der Waals surface area contributed by atoms with E-state index >= 15 is 0 Å². The average Bonchev–Trinajstić information content (AvgIpc) is 2.25. The third-order valence-electron chi connectivity index (χ3n) is 6.06. The normalized spacial score (nSPS) is 35.4. The summed E-state index contributed by atoms with van der Waals surface area (Å²) in [5, 5.41) is 0. The van der Waals surface area contributed by atoms with Gasteiger partial charge in [-0.3, -0.25) is 0 Å². The summed E-state index contributed by atoms with van der Waals surface area (Å²) >= 11 is 0. The van der Waals surface area contributed by atoms with Crippen molar-refractivity contribution >= 4 is 0 Å². The third-order valence-corrected chi connectivity index (χ3v) is 6.06. The maximum Gasteiger partial charge on any atom is -0.0103 e. The van der Waals surface area contributed by atoms with E-state index in [0.717, 1.165) is 11.8 Å². The maximum atomic E-state index is 2.46. The van der Waals surface area contributed by atoms with Gasteiger partial charge >= 0.3 is 0 Å². The summed E-state index contributed by atoms with van der Waals surface area (Å²) in [4.78, 5) is 0. The molecule has 0 nitrogen and oxygen atoms in total. The van der Waals surface area contributed by atoms with Crippen LogP contribution in [0.25, 0.3) is 0 Å². The molecule has 0 bridgehead atoms. The van der Waals surface area contributed by atoms with Gasteiger partial charge in [0.05, 0.1) is 0 Å². The summed E-state index contributed by atoms with van der Waals surface area (Å²) < 4.78 is 0. The Kier molecular flexibility index (Phi) is 2.84. The second-order valence-electron chi connectivity index (χ2n) is 7.41. The van der Waals surface area contributed by atoms with Crippen LogP contribution in [0.2, 0.25) is 0 Å². The predicted octanol–water partition coefficient (Wildman–Crippen LogP) is 5.36. The van der Waals surface area contributed by atoms with E-state index in [1.165, 1.54) is 12.8 Å². The molecule has 0 saturated heterocycles. The summed E-state index contributed by atoms with van der Waals surface area (Å²) in [5.74, 6) is 1.53. The van der Waals surface area contributed by atoms with Crippen LogP contribution in [0.5, 0.6) is 0 Å². The molecule has 0 heteroatoms. The Balaban J connectivity index is 2.56. The molecule has 2 aliphatic carbocycles. The molecule has 0 unspecified atom stereocenters. The molecule has 0 N–H and O–H groups in total. The van der Waals surface area contributed by atoms with E-state index in [1.807, 2.05) is 0 Å². The lowest BCUT2D eigenvalue weighted by Crippen LogP contribution is -2.44. The minimum absolute atomic E-state index is 0.375. The van der Waals surface area contributed by atoms with Crippen LogP contribution in [0, 0.1) is 22.7 Å². The highest BCUT2D eigenvalue weighted by Gasteiger charge is 2.48. The van der Waals surface area contributed by atoms with Crippen molar-refractivity contribution in [2.45, 2.75) is 61.3 Å². The summed E-state index contributed by atoms with van der Waals surface area (Å²) in [6.07, 6.45) is 4.84. The van der Waals surface area contributed by atoms with E-state index in [-0.39, 0.29) is 0 Å². The topological polar surface area (TPSA) is 0 Å². The second kappa shape index (κ2) is 3.73. The lowest BCUT2D eigenvalue weighted by Gasteiger charge is -2.53. The van der Waals surface area contributed by atoms with Crippen LogP contribution in [-0.4, -0.2) is 0 Å². The molecule has 96 valence electrons. The van der Waals surface area contributed by atoms with Crippen molar-refractivity contribution in [2.24, 2.45) is 22.7 Å². The second-order valence-corrected chi connectivity index (χ2v) is 7.41. The lowest BCUT2D eigenvalue weighted by atomic mass is 9.51. The minimum Gasteiger partial charge on any atom is -0.0812 e. The molecule has 0 spiro atoms. The Morgan fingerprint density at radius 3 is 1.94 bits per heavy atom. The molecule has 0 aromatic carbocycles. The van der Waals surface area contributed by atoms with Crippen LogP contribution in [0.15, 0.2) is 22.8 Å². The van der Waals surface area contributed by atoms with E-state index in [4.69, 9.17) is 0 Å². The van der Waals surface area contributed by atoms with Gasteiger partial charge in [-0.15, -0.1) is 0 Å². The van der Waals surface area contributed by atoms with Crippen molar-refractivity contribution in [3.63, 3.8) is 0 Å². The van der Waals surface area contributed by atoms with Crippen LogP contribution in [0.4, 0.5) is 0 Å². The molecule has 0 saturated carbocycles. The Morgan fingerprint density at radius 1 is 0.941 bits per heavy atom. The fourth-order valence-corrected chi connectivity index (χ4v) is 3.93. The third kappa shape index (κ3) is 1.72. The zero-order valence-corrected chi connectivity index (χ0v) is 12.6. The number of rotatable bonds is 0. The Bertz CT molecular complexity index is 390. The van der Waals surface area contributed by atoms with E-state index in [0.29, 0.717) is 10.8 Å². The van der Waals surface area contributed by atoms with Gasteiger partial charge < -0.3 is 0 Å². The number of hydrogen-bond donors (Lipinski definition) is 0. The minimum atomic E-state index is 0.375. The molecule has 0 heterocycles. The van der Waals surface area contributed by atoms with E-state index in [9.17, 15) is 0 Å². The van der Waals surface area contributed by atoms with Crippen molar-refractivity contribution in [3.05, 3.63) is 22.8 Å². The first-order valence-corrected chi connectivity index (χ1v) is 7.07. The zero-order chi connectivity index (χ0) is 13.0. The summed E-state index contributed by atoms with van der Waals surface area (Å²) in [7, 11) is 0. The van der Waals surface area contributed by atoms with E-state index in [2.05, 4.69) is 54.5 Å². The van der Waals surface area contributed by atoms with Crippen molar-refractivity contribution in [2.75, 3.05) is 0 Å². The van der Waals surface area contributed by atoms with Crippen molar-refractivity contribution in [1.29, 1.82) is 0 Å². The molecular weight excluding hydrogens is 204 g/mol. The van der Waals surface area contributed by atoms with Gasteiger partial charge in [0.25, 0.3) is 0 Å². The summed E-state index contributed by atoms with van der Waals surface area (Å²) in [6, 6.07) is 0. The molecule has 0 fully saturated rings. The van der Waals surface area contributed by atoms with Gasteiger partial charge in [0.15, 0.2) is 0 Å². The highest BCUT2D eigenvalue weighted by molar-refractivity contribution is 5.39. The fraction of sp³-hybridized carbons (Fsp3) is 0.765. The van der Waals surface area contributed by atoms with E-state index in [1.54, 1.807) is 16.7 Å². The van der Waals surface area contributed by atoms with Crippen LogP contribution in [0.1, 0.15) is 61.3 Å². The molecule has 0 aliphatic heterocycles. The largest absolute Gasteiger partial charge is 0.0812 e. The maximum absolute atomic E-state index is 2.46. The smallest absolute Gasteiger partial charge is 0.0103 e. The van der Waals surface area contributed by atoms with Crippen LogP contribution in [0.3, 0.4) is 0 Å². The quantitative estimate of drug-likeness (QED) is 0.493. The Hall–Kier alpha value is -0.520. The molecule has 0 aromatic rings. The van der Waals surface area contributed by atoms with Gasteiger partial charge in [-0.2, -0.15) is 0 Å². The molecule has 0 radical (unpaired) electrons. The molecule has 2 aliphatic rings. The molecule has 2 rings (SSSR count). The monoisotopic (exact) mass is 232 g/mol. The Morgan fingerprint density at radius 2 is 1.41 bits per heavy atom. The van der Waals surface area contributed by atoms with E-state index < -0.39 is 0 Å². The summed E-state index contributed by atoms with van der Waals surface area (Å²) in [6.45, 7) is 17.0. The standard InChI is InChI=1S/C17H28/c1-11-8-9-14-15(10-11)17(6,7)13(3)12(2)16(14,4)5/h8,12-13H,9-10H2,1-7H3/t12-,13-/m1/s1. The molecule has 17 heavy (non-hydrogen) atoms. The number of hydrogen-bond acceptors (Lipinski definition) is 0. The van der Waals surface area contributed by atoms with Crippen LogP contribution < -0.4 is 0 Å². The first-order valence-electron chi connectivity index (χ1n) is 7.07. The van der Waals surface area contributed by atoms with Gasteiger partial charge in [-0.1, -0.05) is 64.3 Å². The summed E-state index contributed by atoms with van der Waals surface area (Å²) in [5.41, 5.74) is 5.79. The van der Waals surface area contributed by atoms with Gasteiger partial charge in [-0.25, -0.2) is 0 Å². The molecule has 0 amide bonds. The van der Waals surface area contributed by atoms with Crippen molar-refractivity contribution in [3.8, 4) is 0 Å². The van der Waals surface area contributed by atoms with Crippen LogP contribution >= 0.6 is 0 Å². The zero-order valence-electron chi connectivity index (χ0n) is 12.6. The SMILES string of the molecule is CC1=CCC2=C(C1)C(C)(C)[C@H](C)[C@@H](C)C2(C)C. The lowest BCUT2D eigenvalue weighted by molar-refractivity contribution is 0.0869. The van der Waals surface area contributed by atoms with Crippen molar-refractivity contribution in [1.82, 2.24) is 0 Å². The molecular formula is C17H28. The number of allylic oxidation sites excluding steroid dienone is 4. The molecule has 2 atom stereocenters. The van der Waals surface area contributed by atoms with Gasteiger partial charge in [0, 0.05) is 0 Å². The van der Waals surface area contributed by atoms with Gasteiger partial charge in [-0.05, 0) is 42.4 Å². The Labute approximate surface area is 107 Å². The predicted molar refractivity (Wildman–Crippen MR) is 75.9 cm³/mol. The van der Waals surface area contributed by atoms with Gasteiger partial charge in [0.2, 0.25) is 0 Å². The van der Waals surface area contributed by atoms with Gasteiger partial charge in [0.1, 0.15) is 0 Å². The van der Waals surface area contributed by atoms with Crippen LogP contribution in [-0.2, 0) is 0 Å².